The van der Waals surface area contributed by atoms with Gasteiger partial charge in [-0.1, -0.05) is 13.8 Å². The number of carbonyl (C=O) groups is 10. The molecule has 0 aliphatic carbocycles. The number of hydrogen-bond acceptors (Lipinski definition) is 16. The van der Waals surface area contributed by atoms with Gasteiger partial charge in [-0.15, -0.1) is 0 Å². The Hall–Kier alpha value is -5.51. The van der Waals surface area contributed by atoms with Crippen molar-refractivity contribution in [3.8, 4) is 0 Å². The van der Waals surface area contributed by atoms with E-state index in [1.165, 1.54) is 17.4 Å². The number of unbranched alkanes of at least 4 members (excludes halogenated alkanes) is 2. The summed E-state index contributed by atoms with van der Waals surface area (Å²) in [5.74, 6) is -8.86. The van der Waals surface area contributed by atoms with Gasteiger partial charge < -0.3 is 75.1 Å². The number of carboxylic acids is 1. The number of carbonyl (C=O) groups excluding carboxylic acids is 9. The maximum Gasteiger partial charge on any atom is 0.327 e. The smallest absolute Gasteiger partial charge is 0.327 e. The first-order valence-corrected chi connectivity index (χ1v) is 23.8. The Balaban J connectivity index is 2.30. The molecule has 0 spiro atoms. The fourth-order valence-electron chi connectivity index (χ4n) is 7.13. The Morgan fingerprint density at radius 2 is 1.32 bits per heavy atom. The fourth-order valence-corrected chi connectivity index (χ4v) is 7.54. The molecule has 2 rings (SSSR count). The molecular formula is C41H70N14O11S2. The van der Waals surface area contributed by atoms with Gasteiger partial charge in [-0.3, -0.25) is 43.2 Å². The summed E-state index contributed by atoms with van der Waals surface area (Å²) in [6, 6.07) is -9.91. The number of nitrogens with two attached hydrogens (primary N) is 4. The third kappa shape index (κ3) is 20.4. The monoisotopic (exact) mass is 998 g/mol. The zero-order valence-corrected chi connectivity index (χ0v) is 40.3. The van der Waals surface area contributed by atoms with Crippen LogP contribution in [0.2, 0.25) is 0 Å². The topological polar surface area (TPSA) is 411 Å². The van der Waals surface area contributed by atoms with Gasteiger partial charge in [0.1, 0.15) is 42.3 Å². The molecular weight excluding hydrogens is 929 g/mol. The minimum absolute atomic E-state index is 0.0180. The van der Waals surface area contributed by atoms with Gasteiger partial charge in [-0.2, -0.15) is 25.3 Å². The SMILES string of the molecule is CC(C)C[C@H](NC(=O)[C@@H]1CCCN1C(=O)[C@@H](N)CS)C(=O)N[C@@H](Cc1cnc[nH]1)C(=O)N[C@@H](CCCCN)C(=O)N[C@@H](CC(N)=O)C(=O)NCC(=O)N[C@@H](CCCCN)C(=O)N[C@@H](CS)C(=O)O. The summed E-state index contributed by atoms with van der Waals surface area (Å²) in [6.07, 6.45) is 4.60. The molecule has 68 heavy (non-hydrogen) atoms. The highest BCUT2D eigenvalue weighted by Crippen LogP contribution is 2.20. The molecule has 1 aromatic rings. The Morgan fingerprint density at radius 3 is 1.85 bits per heavy atom. The fraction of sp³-hybridized carbons (Fsp3) is 0.683. The molecule has 0 saturated carbocycles. The predicted octanol–water partition coefficient (Wildman–Crippen LogP) is -4.58. The van der Waals surface area contributed by atoms with Crippen LogP contribution >= 0.6 is 25.3 Å². The first-order chi connectivity index (χ1) is 32.3. The van der Waals surface area contributed by atoms with Crippen molar-refractivity contribution in [1.82, 2.24) is 52.1 Å². The molecule has 17 N–H and O–H groups in total. The average molecular weight is 999 g/mol. The molecule has 0 aromatic carbocycles. The molecule has 25 nitrogen and oxygen atoms in total. The van der Waals surface area contributed by atoms with Crippen molar-refractivity contribution in [1.29, 1.82) is 0 Å². The summed E-state index contributed by atoms with van der Waals surface area (Å²) in [7, 11) is 0. The molecule has 1 aromatic heterocycles. The molecule has 0 bridgehead atoms. The number of hydrogen-bond donors (Lipinski definition) is 15. The highest BCUT2D eigenvalue weighted by Gasteiger charge is 2.38. The van der Waals surface area contributed by atoms with Crippen LogP contribution in [0.15, 0.2) is 12.5 Å². The summed E-state index contributed by atoms with van der Waals surface area (Å²) in [5.41, 5.74) is 23.0. The minimum atomic E-state index is -1.65. The van der Waals surface area contributed by atoms with E-state index in [-0.39, 0.29) is 49.7 Å². The normalized spacial score (nSPS) is 16.5. The first kappa shape index (κ1) is 58.6. The number of carboxylic acid groups (broad SMARTS) is 1. The summed E-state index contributed by atoms with van der Waals surface area (Å²) in [5, 5.41) is 26.8. The molecule has 1 aliphatic heterocycles. The molecule has 0 radical (unpaired) electrons. The van der Waals surface area contributed by atoms with Gasteiger partial charge in [0, 0.05) is 36.4 Å². The zero-order chi connectivity index (χ0) is 50.9. The van der Waals surface area contributed by atoms with E-state index in [9.17, 15) is 53.1 Å². The molecule has 1 fully saturated rings. The number of thiol groups is 2. The van der Waals surface area contributed by atoms with E-state index in [0.29, 0.717) is 57.3 Å². The van der Waals surface area contributed by atoms with Crippen LogP contribution in [-0.4, -0.2) is 165 Å². The molecule has 2 heterocycles. The van der Waals surface area contributed by atoms with Crippen LogP contribution < -0.4 is 60.2 Å². The molecule has 9 amide bonds. The number of aromatic amines is 1. The van der Waals surface area contributed by atoms with E-state index >= 15 is 0 Å². The second kappa shape index (κ2) is 30.8. The van der Waals surface area contributed by atoms with Gasteiger partial charge in [-0.25, -0.2) is 9.78 Å². The average Bonchev–Trinajstić information content (AvgIpc) is 4.01. The molecule has 1 saturated heterocycles. The van der Waals surface area contributed by atoms with Crippen molar-refractivity contribution in [2.75, 3.05) is 37.7 Å². The van der Waals surface area contributed by atoms with Crippen LogP contribution in [0.5, 0.6) is 0 Å². The zero-order valence-electron chi connectivity index (χ0n) is 38.5. The van der Waals surface area contributed by atoms with Crippen molar-refractivity contribution in [2.45, 2.75) is 133 Å². The van der Waals surface area contributed by atoms with Gasteiger partial charge in [0.2, 0.25) is 53.2 Å². The van der Waals surface area contributed by atoms with E-state index in [2.05, 4.69) is 72.4 Å². The number of primary amides is 1. The lowest BCUT2D eigenvalue weighted by Crippen LogP contribution is -2.60. The van der Waals surface area contributed by atoms with Crippen LogP contribution in [-0.2, 0) is 54.4 Å². The first-order valence-electron chi connectivity index (χ1n) is 22.5. The second-order valence-electron chi connectivity index (χ2n) is 16.8. The lowest BCUT2D eigenvalue weighted by molar-refractivity contribution is -0.141. The van der Waals surface area contributed by atoms with Crippen LogP contribution in [0.25, 0.3) is 0 Å². The number of rotatable bonds is 32. The van der Waals surface area contributed by atoms with Gasteiger partial charge in [0.05, 0.1) is 25.3 Å². The number of nitrogens with zero attached hydrogens (tertiary/aromatic N) is 2. The molecule has 0 unspecified atom stereocenters. The number of aliphatic carboxylic acids is 1. The second-order valence-corrected chi connectivity index (χ2v) is 17.5. The van der Waals surface area contributed by atoms with Gasteiger partial charge in [-0.05, 0) is 76.8 Å². The summed E-state index contributed by atoms with van der Waals surface area (Å²) in [6.45, 7) is 3.74. The van der Waals surface area contributed by atoms with Crippen molar-refractivity contribution >= 4 is 84.4 Å². The minimum Gasteiger partial charge on any atom is -0.480 e. The van der Waals surface area contributed by atoms with Crippen molar-refractivity contribution in [2.24, 2.45) is 28.9 Å². The number of aromatic nitrogens is 2. The number of H-pyrrole nitrogens is 1. The Labute approximate surface area is 405 Å². The third-order valence-corrected chi connectivity index (χ3v) is 11.5. The predicted molar refractivity (Wildman–Crippen MR) is 254 cm³/mol. The number of likely N-dealkylation sites (tertiary alicyclic amines) is 1. The van der Waals surface area contributed by atoms with Crippen LogP contribution in [0.1, 0.15) is 83.7 Å². The van der Waals surface area contributed by atoms with Crippen molar-refractivity contribution < 1.29 is 53.1 Å². The van der Waals surface area contributed by atoms with E-state index in [1.807, 2.05) is 13.8 Å². The molecule has 1 aliphatic rings. The highest BCUT2D eigenvalue weighted by atomic mass is 32.1. The summed E-state index contributed by atoms with van der Waals surface area (Å²) in [4.78, 5) is 140. The number of amides is 9. The van der Waals surface area contributed by atoms with E-state index < -0.39 is 120 Å². The van der Waals surface area contributed by atoms with Crippen LogP contribution in [0, 0.1) is 5.92 Å². The molecule has 27 heteroatoms. The standard InChI is InChI=1S/C41H70N14O11S2/c1-22(2)14-27(53-39(63)31-10-7-13-55(31)40(64)24(44)19-67)37(61)51-28(15-23-17-46-21-48-23)38(62)50-26(9-4-6-12-43)36(60)52-29(16-32(45)56)34(58)47-18-33(57)49-25(8-3-5-11-42)35(59)54-30(20-68)41(65)66/h17,21-22,24-31,67-68H,3-16,18-20,42-44H2,1-2H3,(H2,45,56)(H,46,48)(H,47,58)(H,49,57)(H,50,62)(H,51,61)(H,52,60)(H,53,63)(H,54,59)(H,65,66)/t24-,25-,26-,27-,28-,29-,30-,31-/m0/s1. The van der Waals surface area contributed by atoms with E-state index in [1.54, 1.807) is 0 Å². The van der Waals surface area contributed by atoms with Crippen molar-refractivity contribution in [3.05, 3.63) is 18.2 Å². The molecule has 8 atom stereocenters. The maximum atomic E-state index is 14.2. The van der Waals surface area contributed by atoms with Crippen LogP contribution in [0.3, 0.4) is 0 Å². The van der Waals surface area contributed by atoms with Crippen LogP contribution in [0.4, 0.5) is 0 Å². The largest absolute Gasteiger partial charge is 0.480 e. The molecule has 382 valence electrons. The lowest BCUT2D eigenvalue weighted by Gasteiger charge is -2.29. The Bertz CT molecular complexity index is 1860. The van der Waals surface area contributed by atoms with E-state index in [0.717, 1.165) is 0 Å². The Morgan fingerprint density at radius 1 is 0.765 bits per heavy atom. The summed E-state index contributed by atoms with van der Waals surface area (Å²) >= 11 is 8.04. The van der Waals surface area contributed by atoms with Gasteiger partial charge >= 0.3 is 5.97 Å². The maximum absolute atomic E-state index is 14.2. The number of nitrogens with one attached hydrogen (secondary N) is 8. The number of imidazole rings is 1. The Kier molecular flexibility index (Phi) is 26.5. The highest BCUT2D eigenvalue weighted by molar-refractivity contribution is 7.80. The van der Waals surface area contributed by atoms with Crippen molar-refractivity contribution in [3.63, 3.8) is 0 Å². The quantitative estimate of drug-likeness (QED) is 0.0239. The van der Waals surface area contributed by atoms with E-state index in [4.69, 9.17) is 22.9 Å². The van der Waals surface area contributed by atoms with Gasteiger partial charge in [0.25, 0.3) is 0 Å². The summed E-state index contributed by atoms with van der Waals surface area (Å²) < 4.78 is 0. The lowest BCUT2D eigenvalue weighted by atomic mass is 10.0. The van der Waals surface area contributed by atoms with Gasteiger partial charge in [0.15, 0.2) is 0 Å². The third-order valence-electron chi connectivity index (χ3n) is 10.7.